The smallest absolute Gasteiger partial charge is 0.347 e. The standard InChI is InChI=1S/C44H28N2O9/c1-23(47)45-31-19-11-9-17-27(31)35-33(45)21-29(25-13-5-3-6-14-25)37(39(35)41(49)50)43(53)55-44(54)38-30(26-15-7-4-8-16-26)22-34-36(40(38)42(51)52)28-18-10-12-20-32(28)46(34)24(2)48/h3-22H,1-2H3,(H,49,50)(H,51,52). The lowest BCUT2D eigenvalue weighted by Crippen LogP contribution is -2.21. The average molecular weight is 729 g/mol. The fourth-order valence-electron chi connectivity index (χ4n) is 7.66. The normalized spacial score (nSPS) is 11.3. The number of nitrogens with zero attached hydrogens (tertiary/aromatic N) is 2. The van der Waals surface area contributed by atoms with Gasteiger partial charge in [0.1, 0.15) is 0 Å². The van der Waals surface area contributed by atoms with Gasteiger partial charge in [-0.25, -0.2) is 19.2 Å². The minimum Gasteiger partial charge on any atom is -0.478 e. The average Bonchev–Trinajstić information content (AvgIpc) is 3.69. The monoisotopic (exact) mass is 728 g/mol. The third-order valence-corrected chi connectivity index (χ3v) is 9.74. The van der Waals surface area contributed by atoms with Crippen LogP contribution in [0.25, 0.3) is 65.9 Å². The van der Waals surface area contributed by atoms with Crippen LogP contribution in [0.2, 0.25) is 0 Å². The van der Waals surface area contributed by atoms with E-state index in [-0.39, 0.29) is 32.9 Å². The molecule has 11 heteroatoms. The van der Waals surface area contributed by atoms with Crippen molar-refractivity contribution in [2.24, 2.45) is 0 Å². The van der Waals surface area contributed by atoms with Gasteiger partial charge in [0.2, 0.25) is 11.8 Å². The lowest BCUT2D eigenvalue weighted by molar-refractivity contribution is 0.0388. The predicted molar refractivity (Wildman–Crippen MR) is 206 cm³/mol. The minimum atomic E-state index is -1.52. The summed E-state index contributed by atoms with van der Waals surface area (Å²) in [4.78, 5) is 81.9. The molecule has 0 saturated carbocycles. The van der Waals surface area contributed by atoms with Gasteiger partial charge in [-0.3, -0.25) is 18.7 Å². The first-order valence-electron chi connectivity index (χ1n) is 17.1. The Morgan fingerprint density at radius 2 is 0.800 bits per heavy atom. The van der Waals surface area contributed by atoms with E-state index in [4.69, 9.17) is 4.74 Å². The lowest BCUT2D eigenvalue weighted by atomic mass is 9.91. The van der Waals surface area contributed by atoms with E-state index in [2.05, 4.69) is 0 Å². The van der Waals surface area contributed by atoms with Crippen LogP contribution in [0.5, 0.6) is 0 Å². The number of carbonyl (C=O) groups excluding carboxylic acids is 4. The maximum absolute atomic E-state index is 14.6. The number of carbonyl (C=O) groups is 6. The summed E-state index contributed by atoms with van der Waals surface area (Å²) >= 11 is 0. The van der Waals surface area contributed by atoms with Crippen LogP contribution in [-0.2, 0) is 4.74 Å². The number of para-hydroxylation sites is 2. The third kappa shape index (κ3) is 5.36. The van der Waals surface area contributed by atoms with E-state index in [9.17, 15) is 39.0 Å². The molecule has 8 aromatic rings. The molecule has 11 nitrogen and oxygen atoms in total. The molecular weight excluding hydrogens is 700 g/mol. The van der Waals surface area contributed by atoms with Gasteiger partial charge in [0.05, 0.1) is 44.3 Å². The van der Waals surface area contributed by atoms with Gasteiger partial charge in [0.15, 0.2) is 0 Å². The van der Waals surface area contributed by atoms with Gasteiger partial charge in [0, 0.05) is 35.4 Å². The van der Waals surface area contributed by atoms with Gasteiger partial charge >= 0.3 is 23.9 Å². The van der Waals surface area contributed by atoms with Crippen molar-refractivity contribution in [3.63, 3.8) is 0 Å². The molecule has 0 saturated heterocycles. The van der Waals surface area contributed by atoms with Crippen molar-refractivity contribution in [2.45, 2.75) is 13.8 Å². The molecule has 0 radical (unpaired) electrons. The van der Waals surface area contributed by atoms with Crippen LogP contribution < -0.4 is 0 Å². The first kappa shape index (κ1) is 34.4. The number of hydrogen-bond donors (Lipinski definition) is 2. The van der Waals surface area contributed by atoms with Crippen molar-refractivity contribution in [2.75, 3.05) is 0 Å². The van der Waals surface area contributed by atoms with Gasteiger partial charge in [-0.1, -0.05) is 97.1 Å². The van der Waals surface area contributed by atoms with Crippen molar-refractivity contribution >= 4 is 79.3 Å². The second-order valence-corrected chi connectivity index (χ2v) is 12.9. The van der Waals surface area contributed by atoms with Crippen LogP contribution in [0.4, 0.5) is 0 Å². The quantitative estimate of drug-likeness (QED) is 0.126. The Morgan fingerprint density at radius 1 is 0.455 bits per heavy atom. The van der Waals surface area contributed by atoms with Gasteiger partial charge in [-0.15, -0.1) is 0 Å². The number of carboxylic acid groups (broad SMARTS) is 2. The zero-order valence-electron chi connectivity index (χ0n) is 29.2. The fraction of sp³-hybridized carbons (Fsp3) is 0.0455. The molecule has 0 spiro atoms. The largest absolute Gasteiger partial charge is 0.478 e. The second-order valence-electron chi connectivity index (χ2n) is 12.9. The van der Waals surface area contributed by atoms with Crippen molar-refractivity contribution < 1.29 is 43.7 Å². The topological polar surface area (TPSA) is 162 Å². The van der Waals surface area contributed by atoms with Crippen LogP contribution in [-0.4, -0.2) is 55.0 Å². The van der Waals surface area contributed by atoms with Gasteiger partial charge < -0.3 is 14.9 Å². The maximum atomic E-state index is 14.6. The van der Waals surface area contributed by atoms with Crippen molar-refractivity contribution in [3.8, 4) is 22.3 Å². The van der Waals surface area contributed by atoms with Gasteiger partial charge in [-0.05, 0) is 46.5 Å². The van der Waals surface area contributed by atoms with Crippen LogP contribution in [0.15, 0.2) is 121 Å². The molecule has 0 bridgehead atoms. The number of aromatic nitrogens is 2. The molecule has 0 aliphatic heterocycles. The summed E-state index contributed by atoms with van der Waals surface area (Å²) in [5.74, 6) is -6.56. The Kier molecular flexibility index (Phi) is 8.19. The molecule has 6 aromatic carbocycles. The third-order valence-electron chi connectivity index (χ3n) is 9.74. The molecule has 268 valence electrons. The number of ether oxygens (including phenoxy) is 1. The highest BCUT2D eigenvalue weighted by Crippen LogP contribution is 2.42. The van der Waals surface area contributed by atoms with Crippen LogP contribution in [0, 0.1) is 0 Å². The summed E-state index contributed by atoms with van der Waals surface area (Å²) in [6, 6.07) is 33.1. The molecule has 0 aliphatic rings. The summed E-state index contributed by atoms with van der Waals surface area (Å²) in [6.07, 6.45) is 0. The first-order chi connectivity index (χ1) is 26.5. The highest BCUT2D eigenvalue weighted by Gasteiger charge is 2.34. The number of esters is 2. The molecule has 0 unspecified atom stereocenters. The van der Waals surface area contributed by atoms with E-state index in [1.165, 1.54) is 35.1 Å². The zero-order chi connectivity index (χ0) is 38.7. The molecule has 0 atom stereocenters. The summed E-state index contributed by atoms with van der Waals surface area (Å²) in [5.41, 5.74) is 0.207. The molecule has 2 heterocycles. The summed E-state index contributed by atoms with van der Waals surface area (Å²) in [5, 5.41) is 22.5. The second kappa shape index (κ2) is 13.1. The van der Waals surface area contributed by atoms with E-state index in [1.54, 1.807) is 109 Å². The Labute approximate surface area is 311 Å². The Bertz CT molecular complexity index is 2790. The number of aromatic carboxylic acids is 2. The number of fused-ring (bicyclic) bond motifs is 6. The molecule has 0 aliphatic carbocycles. The van der Waals surface area contributed by atoms with E-state index in [1.807, 2.05) is 0 Å². The van der Waals surface area contributed by atoms with Crippen molar-refractivity contribution in [1.29, 1.82) is 0 Å². The number of carboxylic acids is 2. The first-order valence-corrected chi connectivity index (χ1v) is 17.1. The Balaban J connectivity index is 1.42. The molecule has 8 rings (SSSR count). The summed E-state index contributed by atoms with van der Waals surface area (Å²) in [6.45, 7) is 2.68. The van der Waals surface area contributed by atoms with Crippen LogP contribution in [0.1, 0.15) is 64.9 Å². The van der Waals surface area contributed by atoms with E-state index >= 15 is 0 Å². The molecule has 0 fully saturated rings. The summed E-state index contributed by atoms with van der Waals surface area (Å²) < 4.78 is 8.33. The van der Waals surface area contributed by atoms with Gasteiger partial charge in [-0.2, -0.15) is 0 Å². The van der Waals surface area contributed by atoms with Crippen LogP contribution >= 0.6 is 0 Å². The van der Waals surface area contributed by atoms with Gasteiger partial charge in [0.25, 0.3) is 0 Å². The maximum Gasteiger partial charge on any atom is 0.347 e. The number of hydrogen-bond acceptors (Lipinski definition) is 7. The minimum absolute atomic E-state index is 0.0651. The van der Waals surface area contributed by atoms with Crippen molar-refractivity contribution in [3.05, 3.63) is 144 Å². The Morgan fingerprint density at radius 3 is 1.15 bits per heavy atom. The van der Waals surface area contributed by atoms with Crippen LogP contribution in [0.3, 0.4) is 0 Å². The summed E-state index contributed by atoms with van der Waals surface area (Å²) in [7, 11) is 0. The molecule has 2 N–H and O–H groups in total. The Hall–Kier alpha value is -7.66. The number of benzene rings is 6. The lowest BCUT2D eigenvalue weighted by Gasteiger charge is -2.17. The highest BCUT2D eigenvalue weighted by atomic mass is 16.6. The van der Waals surface area contributed by atoms with Crippen molar-refractivity contribution in [1.82, 2.24) is 9.13 Å². The highest BCUT2D eigenvalue weighted by molar-refractivity contribution is 6.28. The fourth-order valence-corrected chi connectivity index (χ4v) is 7.66. The molecule has 2 aromatic heterocycles. The predicted octanol–water partition coefficient (Wildman–Crippen LogP) is 8.95. The van der Waals surface area contributed by atoms with E-state index in [0.717, 1.165) is 0 Å². The molecular formula is C44H28N2O9. The SMILES string of the molecule is CC(=O)n1c2ccccc2c2c(C(=O)O)c(C(=O)OC(=O)c3c(-c4ccccc4)cc4c(c3C(=O)O)c3ccccc3n4C(C)=O)c(-c3ccccc3)cc21. The van der Waals surface area contributed by atoms with E-state index < -0.39 is 57.9 Å². The zero-order valence-corrected chi connectivity index (χ0v) is 29.2. The molecule has 0 amide bonds. The number of rotatable bonds is 6. The molecule has 55 heavy (non-hydrogen) atoms. The van der Waals surface area contributed by atoms with E-state index in [0.29, 0.717) is 32.9 Å².